The van der Waals surface area contributed by atoms with E-state index in [1.165, 1.54) is 13.0 Å². The van der Waals surface area contributed by atoms with Crippen LogP contribution >= 0.6 is 0 Å². The summed E-state index contributed by atoms with van der Waals surface area (Å²) >= 11 is 0. The summed E-state index contributed by atoms with van der Waals surface area (Å²) < 4.78 is 58.7. The van der Waals surface area contributed by atoms with Gasteiger partial charge in [0.25, 0.3) is 0 Å². The molecule has 1 aliphatic carbocycles. The van der Waals surface area contributed by atoms with Crippen molar-refractivity contribution in [2.45, 2.75) is 57.9 Å². The number of hydrogen-bond acceptors (Lipinski definition) is 4. The zero-order valence-electron chi connectivity index (χ0n) is 23.8. The van der Waals surface area contributed by atoms with Crippen LogP contribution in [-0.2, 0) is 20.2 Å². The number of alkyl carbamates (subject to hydrolysis) is 1. The summed E-state index contributed by atoms with van der Waals surface area (Å²) in [6.45, 7) is 9.07. The molecule has 1 N–H and O–H groups in total. The van der Waals surface area contributed by atoms with Gasteiger partial charge < -0.3 is 19.4 Å². The lowest BCUT2D eigenvalue weighted by molar-refractivity contribution is -0.138. The molecular formula is C32H33BF3NO4. The number of carbonyl (C=O) groups excluding carboxylic acids is 1. The molecule has 0 saturated carbocycles. The number of alkyl halides is 3. The Labute approximate surface area is 238 Å². The van der Waals surface area contributed by atoms with Crippen LogP contribution in [0.3, 0.4) is 0 Å². The highest BCUT2D eigenvalue weighted by atomic mass is 19.4. The van der Waals surface area contributed by atoms with E-state index in [0.29, 0.717) is 11.0 Å². The first-order valence-electron chi connectivity index (χ1n) is 13.6. The van der Waals surface area contributed by atoms with Gasteiger partial charge in [-0.3, -0.25) is 0 Å². The third-order valence-corrected chi connectivity index (χ3v) is 8.26. The zero-order valence-corrected chi connectivity index (χ0v) is 23.8. The average molecular weight is 563 g/mol. The summed E-state index contributed by atoms with van der Waals surface area (Å²) in [6.07, 6.45) is -3.56. The summed E-state index contributed by atoms with van der Waals surface area (Å²) in [5.41, 5.74) is 3.29. The molecule has 0 aromatic heterocycles. The summed E-state index contributed by atoms with van der Waals surface area (Å²) in [5.74, 6) is -0.0976. The number of halogens is 3. The molecule has 5 rings (SSSR count). The molecular weight excluding hydrogens is 530 g/mol. The number of carbonyl (C=O) groups is 1. The van der Waals surface area contributed by atoms with E-state index in [-0.39, 0.29) is 24.6 Å². The van der Waals surface area contributed by atoms with Crippen molar-refractivity contribution in [3.05, 3.63) is 100 Å². The van der Waals surface area contributed by atoms with Gasteiger partial charge in [0.1, 0.15) is 6.61 Å². The minimum atomic E-state index is -4.49. The lowest BCUT2D eigenvalue weighted by atomic mass is 9.77. The third-order valence-electron chi connectivity index (χ3n) is 8.26. The Morgan fingerprint density at radius 3 is 2.07 bits per heavy atom. The highest BCUT2D eigenvalue weighted by molar-refractivity contribution is 6.56. The lowest BCUT2D eigenvalue weighted by Gasteiger charge is -2.32. The maximum Gasteiger partial charge on any atom is 0.492 e. The standard InChI is InChI=1S/C32H33BF3NO4/c1-20-14-15-21(17-28(20)32(34,35)36)16-22(33-40-30(2,3)31(4,5)41-33)18-37-29(38)39-19-27-25-12-8-6-10-23(25)24-11-7-9-13-26(24)27/h6-17,27H,18-19H2,1-5H3,(H,37,38). The van der Waals surface area contributed by atoms with Gasteiger partial charge in [-0.1, -0.05) is 66.7 Å². The maximum atomic E-state index is 13.6. The fraction of sp³-hybridized carbons (Fsp3) is 0.344. The predicted molar refractivity (Wildman–Crippen MR) is 153 cm³/mol. The molecule has 1 fully saturated rings. The van der Waals surface area contributed by atoms with E-state index in [1.807, 2.05) is 64.1 Å². The largest absolute Gasteiger partial charge is 0.492 e. The Hall–Kier alpha value is -3.56. The molecule has 2 aliphatic rings. The molecule has 0 radical (unpaired) electrons. The van der Waals surface area contributed by atoms with Gasteiger partial charge in [0.05, 0.1) is 16.8 Å². The Kier molecular flexibility index (Phi) is 7.55. The van der Waals surface area contributed by atoms with E-state index >= 15 is 0 Å². The number of rotatable bonds is 6. The number of aryl methyl sites for hydroxylation is 1. The molecule has 9 heteroatoms. The molecule has 3 aromatic rings. The molecule has 1 saturated heterocycles. The monoisotopic (exact) mass is 563 g/mol. The van der Waals surface area contributed by atoms with Crippen molar-refractivity contribution in [3.8, 4) is 11.1 Å². The van der Waals surface area contributed by atoms with Crippen LogP contribution < -0.4 is 5.32 Å². The van der Waals surface area contributed by atoms with Crippen molar-refractivity contribution in [2.75, 3.05) is 13.2 Å². The molecule has 1 heterocycles. The first-order chi connectivity index (χ1) is 19.3. The lowest BCUT2D eigenvalue weighted by Crippen LogP contribution is -2.41. The molecule has 1 amide bonds. The van der Waals surface area contributed by atoms with E-state index in [2.05, 4.69) is 17.4 Å². The van der Waals surface area contributed by atoms with Gasteiger partial charge in [0, 0.05) is 12.5 Å². The molecule has 0 bridgehead atoms. The number of benzene rings is 3. The predicted octanol–water partition coefficient (Wildman–Crippen LogP) is 7.57. The Bertz CT molecular complexity index is 1440. The first kappa shape index (κ1) is 29.0. The van der Waals surface area contributed by atoms with E-state index in [4.69, 9.17) is 14.0 Å². The number of fused-ring (bicyclic) bond motifs is 3. The van der Waals surface area contributed by atoms with Crippen LogP contribution in [0.4, 0.5) is 18.0 Å². The van der Waals surface area contributed by atoms with Crippen LogP contribution in [0, 0.1) is 6.92 Å². The van der Waals surface area contributed by atoms with Crippen LogP contribution in [0.2, 0.25) is 0 Å². The molecule has 0 unspecified atom stereocenters. The normalized spacial score (nSPS) is 17.8. The second-order valence-electron chi connectivity index (χ2n) is 11.6. The summed E-state index contributed by atoms with van der Waals surface area (Å²) in [6, 6.07) is 20.2. The van der Waals surface area contributed by atoms with Crippen molar-refractivity contribution in [1.82, 2.24) is 5.32 Å². The smallest absolute Gasteiger partial charge is 0.449 e. The fourth-order valence-corrected chi connectivity index (χ4v) is 5.27. The van der Waals surface area contributed by atoms with Gasteiger partial charge >= 0.3 is 19.4 Å². The number of hydrogen-bond donors (Lipinski definition) is 1. The molecule has 0 atom stereocenters. The fourth-order valence-electron chi connectivity index (χ4n) is 5.27. The number of amides is 1. The minimum Gasteiger partial charge on any atom is -0.449 e. The molecule has 0 spiro atoms. The summed E-state index contributed by atoms with van der Waals surface area (Å²) in [4.78, 5) is 12.9. The quantitative estimate of drug-likeness (QED) is 0.315. The maximum absolute atomic E-state index is 13.6. The highest BCUT2D eigenvalue weighted by Gasteiger charge is 2.52. The summed E-state index contributed by atoms with van der Waals surface area (Å²) in [5, 5.41) is 2.75. The van der Waals surface area contributed by atoms with Crippen molar-refractivity contribution >= 4 is 19.3 Å². The van der Waals surface area contributed by atoms with E-state index < -0.39 is 36.2 Å². The van der Waals surface area contributed by atoms with Crippen LogP contribution in [-0.4, -0.2) is 37.6 Å². The Balaban J connectivity index is 1.34. The second kappa shape index (κ2) is 10.7. The molecule has 214 valence electrons. The summed E-state index contributed by atoms with van der Waals surface area (Å²) in [7, 11) is -0.871. The Morgan fingerprint density at radius 2 is 1.51 bits per heavy atom. The van der Waals surface area contributed by atoms with Crippen LogP contribution in [0.1, 0.15) is 61.4 Å². The van der Waals surface area contributed by atoms with Crippen molar-refractivity contribution in [2.24, 2.45) is 0 Å². The van der Waals surface area contributed by atoms with E-state index in [9.17, 15) is 18.0 Å². The SMILES string of the molecule is Cc1ccc(C=C(CNC(=O)OCC2c3ccccc3-c3ccccc32)B2OC(C)(C)C(C)(C)O2)cc1C(F)(F)F. The molecule has 5 nitrogen and oxygen atoms in total. The van der Waals surface area contributed by atoms with Crippen molar-refractivity contribution in [1.29, 1.82) is 0 Å². The van der Waals surface area contributed by atoms with Crippen LogP contribution in [0.15, 0.2) is 72.2 Å². The average Bonchev–Trinajstić information content (AvgIpc) is 3.34. The molecule has 41 heavy (non-hydrogen) atoms. The third kappa shape index (κ3) is 5.79. The van der Waals surface area contributed by atoms with Crippen molar-refractivity contribution < 1.29 is 32.0 Å². The van der Waals surface area contributed by atoms with Gasteiger partial charge in [-0.25, -0.2) is 4.79 Å². The zero-order chi connectivity index (χ0) is 29.6. The van der Waals surface area contributed by atoms with Gasteiger partial charge in [-0.05, 0) is 79.5 Å². The first-order valence-corrected chi connectivity index (χ1v) is 13.6. The van der Waals surface area contributed by atoms with Gasteiger partial charge in [-0.15, -0.1) is 0 Å². The molecule has 1 aliphatic heterocycles. The Morgan fingerprint density at radius 1 is 0.951 bits per heavy atom. The number of ether oxygens (including phenoxy) is 1. The van der Waals surface area contributed by atoms with Crippen molar-refractivity contribution in [3.63, 3.8) is 0 Å². The second-order valence-corrected chi connectivity index (χ2v) is 11.6. The number of nitrogens with one attached hydrogen (secondary N) is 1. The van der Waals surface area contributed by atoms with Crippen LogP contribution in [0.5, 0.6) is 0 Å². The van der Waals surface area contributed by atoms with Gasteiger partial charge in [0.15, 0.2) is 0 Å². The van der Waals surface area contributed by atoms with E-state index in [1.54, 1.807) is 12.1 Å². The van der Waals surface area contributed by atoms with Gasteiger partial charge in [-0.2, -0.15) is 13.2 Å². The molecule has 3 aromatic carbocycles. The highest BCUT2D eigenvalue weighted by Crippen LogP contribution is 2.44. The minimum absolute atomic E-state index is 0.0390. The van der Waals surface area contributed by atoms with E-state index in [0.717, 1.165) is 28.3 Å². The van der Waals surface area contributed by atoms with Gasteiger partial charge in [0.2, 0.25) is 0 Å². The van der Waals surface area contributed by atoms with Crippen LogP contribution in [0.25, 0.3) is 17.2 Å². The topological polar surface area (TPSA) is 56.8 Å².